The molecule has 1 saturated carbocycles. The van der Waals surface area contributed by atoms with Gasteiger partial charge in [0.1, 0.15) is 5.75 Å². The van der Waals surface area contributed by atoms with Crippen molar-refractivity contribution in [2.45, 2.75) is 76.8 Å². The van der Waals surface area contributed by atoms with Crippen LogP contribution in [-0.4, -0.2) is 29.6 Å². The number of aryl methyl sites for hydroxylation is 1. The number of phenols is 1. The van der Waals surface area contributed by atoms with Crippen LogP contribution in [0, 0.1) is 0 Å². The summed E-state index contributed by atoms with van der Waals surface area (Å²) in [5, 5.41) is 9.54. The van der Waals surface area contributed by atoms with Crippen LogP contribution in [0.15, 0.2) is 70.6 Å². The van der Waals surface area contributed by atoms with Gasteiger partial charge in [-0.3, -0.25) is 9.98 Å². The first-order valence-corrected chi connectivity index (χ1v) is 16.3. The van der Waals surface area contributed by atoms with Crippen LogP contribution in [0.3, 0.4) is 0 Å². The summed E-state index contributed by atoms with van der Waals surface area (Å²) in [5.41, 5.74) is 1.12. The summed E-state index contributed by atoms with van der Waals surface area (Å²) in [6.07, 6.45) is 15.2. The van der Waals surface area contributed by atoms with Gasteiger partial charge in [0.2, 0.25) is 0 Å². The van der Waals surface area contributed by atoms with Crippen LogP contribution in [0.25, 0.3) is 20.2 Å². The van der Waals surface area contributed by atoms with Gasteiger partial charge in [0.25, 0.3) is 0 Å². The summed E-state index contributed by atoms with van der Waals surface area (Å²) in [7, 11) is 0. The Morgan fingerprint density at radius 2 is 1.32 bits per heavy atom. The molecule has 3 aromatic heterocycles. The van der Waals surface area contributed by atoms with Gasteiger partial charge in [-0.1, -0.05) is 39.0 Å². The number of hydrogen-bond acceptors (Lipinski definition) is 6. The molecule has 1 fully saturated rings. The van der Waals surface area contributed by atoms with Crippen molar-refractivity contribution in [1.82, 2.24) is 0 Å². The molecular weight excluding hydrogens is 525 g/mol. The summed E-state index contributed by atoms with van der Waals surface area (Å²) in [5.74, 6) is 0.295. The fraction of sp³-hybridized carbons (Fsp3) is 0.375. The highest BCUT2D eigenvalue weighted by Gasteiger charge is 2.23. The molecule has 0 unspecified atom stereocenters. The fourth-order valence-corrected chi connectivity index (χ4v) is 7.83. The molecule has 2 atom stereocenters. The molecule has 3 heterocycles. The number of thiophene rings is 3. The van der Waals surface area contributed by atoms with E-state index in [-0.39, 0.29) is 12.1 Å². The lowest BCUT2D eigenvalue weighted by Crippen LogP contribution is -2.27. The zero-order valence-corrected chi connectivity index (χ0v) is 24.5. The molecule has 0 saturated heterocycles. The van der Waals surface area contributed by atoms with Crippen molar-refractivity contribution in [2.75, 3.05) is 0 Å². The third-order valence-electron chi connectivity index (χ3n) is 7.07. The van der Waals surface area contributed by atoms with Crippen LogP contribution in [-0.2, 0) is 6.42 Å². The standard InChI is InChI=1S/C32H36N2OS3/c1-2-3-4-5-8-25-15-19-31(36-25)32-20-17-27(38-32)22-34-29-10-7-6-9-28(29)33-21-26-16-18-30(37-26)23-11-13-24(35)14-12-23/h11-22,28-29,35H,2-10H2,1H3/t28-,29-/m1/s1. The zero-order chi connectivity index (χ0) is 26.2. The first kappa shape index (κ1) is 27.0. The van der Waals surface area contributed by atoms with Crippen LogP contribution >= 0.6 is 34.0 Å². The van der Waals surface area contributed by atoms with Gasteiger partial charge in [0.15, 0.2) is 0 Å². The minimum Gasteiger partial charge on any atom is -0.508 e. The lowest BCUT2D eigenvalue weighted by Gasteiger charge is -2.25. The summed E-state index contributed by atoms with van der Waals surface area (Å²) >= 11 is 5.52. The number of hydrogen-bond donors (Lipinski definition) is 1. The van der Waals surface area contributed by atoms with Gasteiger partial charge in [-0.05, 0) is 91.9 Å². The Kier molecular flexibility index (Phi) is 9.61. The van der Waals surface area contributed by atoms with Crippen molar-refractivity contribution >= 4 is 46.4 Å². The molecule has 1 aliphatic carbocycles. The summed E-state index contributed by atoms with van der Waals surface area (Å²) in [6.45, 7) is 2.27. The largest absolute Gasteiger partial charge is 0.508 e. The second kappa shape index (κ2) is 13.5. The van der Waals surface area contributed by atoms with E-state index in [1.165, 1.54) is 69.3 Å². The molecule has 5 rings (SSSR count). The van der Waals surface area contributed by atoms with Gasteiger partial charge in [0, 0.05) is 41.7 Å². The lowest BCUT2D eigenvalue weighted by molar-refractivity contribution is 0.390. The Morgan fingerprint density at radius 3 is 2.00 bits per heavy atom. The lowest BCUT2D eigenvalue weighted by atomic mass is 9.91. The van der Waals surface area contributed by atoms with Crippen molar-refractivity contribution in [2.24, 2.45) is 9.98 Å². The van der Waals surface area contributed by atoms with Crippen molar-refractivity contribution in [3.8, 4) is 25.9 Å². The van der Waals surface area contributed by atoms with E-state index in [0.29, 0.717) is 5.75 Å². The minimum absolute atomic E-state index is 0.242. The quantitative estimate of drug-likeness (QED) is 0.144. The monoisotopic (exact) mass is 560 g/mol. The SMILES string of the molecule is CCCCCCc1ccc(-c2ccc(C=N[C@@H]3CCCC[C@H]3N=Cc3ccc(-c4ccc(O)cc4)s3)s2)s1. The minimum atomic E-state index is 0.242. The molecule has 1 N–H and O–H groups in total. The van der Waals surface area contributed by atoms with E-state index >= 15 is 0 Å². The van der Waals surface area contributed by atoms with Gasteiger partial charge in [-0.15, -0.1) is 34.0 Å². The molecule has 0 spiro atoms. The zero-order valence-electron chi connectivity index (χ0n) is 22.0. The Labute approximate surface area is 238 Å². The van der Waals surface area contributed by atoms with Gasteiger partial charge in [-0.25, -0.2) is 0 Å². The molecule has 0 radical (unpaired) electrons. The third-order valence-corrected chi connectivity index (χ3v) is 10.5. The van der Waals surface area contributed by atoms with E-state index in [1.807, 2.05) is 41.0 Å². The average molecular weight is 561 g/mol. The first-order valence-electron chi connectivity index (χ1n) is 13.8. The van der Waals surface area contributed by atoms with Crippen LogP contribution in [0.2, 0.25) is 0 Å². The highest BCUT2D eigenvalue weighted by molar-refractivity contribution is 7.23. The second-order valence-electron chi connectivity index (χ2n) is 10.0. The molecule has 3 nitrogen and oxygen atoms in total. The van der Waals surface area contributed by atoms with Crippen LogP contribution in [0.1, 0.15) is 72.9 Å². The van der Waals surface area contributed by atoms with Gasteiger partial charge < -0.3 is 5.11 Å². The summed E-state index contributed by atoms with van der Waals surface area (Å²) in [4.78, 5) is 17.8. The summed E-state index contributed by atoms with van der Waals surface area (Å²) < 4.78 is 0. The van der Waals surface area contributed by atoms with Crippen LogP contribution in [0.5, 0.6) is 5.75 Å². The van der Waals surface area contributed by atoms with E-state index in [1.54, 1.807) is 23.5 Å². The smallest absolute Gasteiger partial charge is 0.115 e. The molecule has 1 aliphatic rings. The van der Waals surface area contributed by atoms with Gasteiger partial charge in [-0.2, -0.15) is 0 Å². The molecule has 38 heavy (non-hydrogen) atoms. The first-order chi connectivity index (χ1) is 18.7. The van der Waals surface area contributed by atoms with E-state index in [9.17, 15) is 5.11 Å². The number of phenolic OH excluding ortho intramolecular Hbond substituents is 1. The Balaban J connectivity index is 1.19. The Bertz CT molecular complexity index is 1340. The van der Waals surface area contributed by atoms with Crippen molar-refractivity contribution < 1.29 is 5.11 Å². The number of aliphatic imine (C=N–C) groups is 2. The van der Waals surface area contributed by atoms with E-state index < -0.39 is 0 Å². The van der Waals surface area contributed by atoms with Gasteiger partial charge in [0.05, 0.1) is 12.1 Å². The normalized spacial score (nSPS) is 18.1. The third kappa shape index (κ3) is 7.31. The maximum Gasteiger partial charge on any atom is 0.115 e. The average Bonchev–Trinajstić information content (AvgIpc) is 3.71. The Morgan fingerprint density at radius 1 is 0.711 bits per heavy atom. The molecule has 1 aromatic carbocycles. The summed E-state index contributed by atoms with van der Waals surface area (Å²) in [6, 6.07) is 21.2. The maximum absolute atomic E-state index is 9.54. The second-order valence-corrected chi connectivity index (χ2v) is 13.4. The number of nitrogens with zero attached hydrogens (tertiary/aromatic N) is 2. The van der Waals surface area contributed by atoms with Crippen molar-refractivity contribution in [3.05, 3.63) is 75.3 Å². The highest BCUT2D eigenvalue weighted by atomic mass is 32.1. The number of rotatable bonds is 11. The fourth-order valence-electron chi connectivity index (χ4n) is 4.91. The van der Waals surface area contributed by atoms with Crippen LogP contribution in [0.4, 0.5) is 0 Å². The molecule has 4 aromatic rings. The van der Waals surface area contributed by atoms with Gasteiger partial charge >= 0.3 is 0 Å². The maximum atomic E-state index is 9.54. The van der Waals surface area contributed by atoms with Crippen LogP contribution < -0.4 is 0 Å². The van der Waals surface area contributed by atoms with E-state index in [2.05, 4.69) is 49.5 Å². The molecule has 0 amide bonds. The van der Waals surface area contributed by atoms with Crippen molar-refractivity contribution in [3.63, 3.8) is 0 Å². The predicted molar refractivity (Wildman–Crippen MR) is 168 cm³/mol. The molecular formula is C32H36N2OS3. The molecule has 0 bridgehead atoms. The van der Waals surface area contributed by atoms with E-state index in [4.69, 9.17) is 9.98 Å². The molecule has 0 aliphatic heterocycles. The van der Waals surface area contributed by atoms with E-state index in [0.717, 1.165) is 23.3 Å². The number of unbranched alkanes of at least 4 members (excludes halogenated alkanes) is 3. The Hall–Kier alpha value is -2.54. The topological polar surface area (TPSA) is 45.0 Å². The molecule has 6 heteroatoms. The van der Waals surface area contributed by atoms with Crippen molar-refractivity contribution in [1.29, 1.82) is 0 Å². The number of aromatic hydroxyl groups is 1. The highest BCUT2D eigenvalue weighted by Crippen LogP contribution is 2.34. The predicted octanol–water partition coefficient (Wildman–Crippen LogP) is 9.88. The number of benzene rings is 1. The molecule has 198 valence electrons.